The van der Waals surface area contributed by atoms with E-state index in [1.807, 2.05) is 11.5 Å². The van der Waals surface area contributed by atoms with Crippen molar-refractivity contribution in [2.75, 3.05) is 6.54 Å². The standard InChI is InChI=1S/C12H14ClN3O2S2/c1-2-15-8-14-9-5-6-16(7-10(9)15)20(17,18)12-4-3-11(13)19-12/h3-4,8H,2,5-7H2,1H3. The summed E-state index contributed by atoms with van der Waals surface area (Å²) in [7, 11) is -3.46. The Bertz CT molecular complexity index is 722. The molecule has 0 aromatic carbocycles. The van der Waals surface area contributed by atoms with Gasteiger partial charge in [-0.15, -0.1) is 11.3 Å². The smallest absolute Gasteiger partial charge is 0.252 e. The van der Waals surface area contributed by atoms with Crippen LogP contribution in [-0.4, -0.2) is 28.8 Å². The third kappa shape index (κ3) is 2.28. The van der Waals surface area contributed by atoms with Gasteiger partial charge in [-0.05, 0) is 19.1 Å². The molecular weight excluding hydrogens is 318 g/mol. The maximum absolute atomic E-state index is 12.6. The molecule has 8 heteroatoms. The number of imidazole rings is 1. The van der Waals surface area contributed by atoms with Crippen LogP contribution in [0.25, 0.3) is 0 Å². The SMILES string of the molecule is CCn1cnc2c1CN(S(=O)(=O)c1ccc(Cl)s1)CC2. The first-order valence-electron chi connectivity index (χ1n) is 6.30. The molecule has 0 amide bonds. The molecule has 1 aliphatic rings. The van der Waals surface area contributed by atoms with Gasteiger partial charge in [-0.1, -0.05) is 11.6 Å². The van der Waals surface area contributed by atoms with Crippen molar-refractivity contribution >= 4 is 33.0 Å². The van der Waals surface area contributed by atoms with Gasteiger partial charge in [0.1, 0.15) is 4.21 Å². The number of aromatic nitrogens is 2. The van der Waals surface area contributed by atoms with E-state index >= 15 is 0 Å². The highest BCUT2D eigenvalue weighted by atomic mass is 35.5. The van der Waals surface area contributed by atoms with Crippen LogP contribution >= 0.6 is 22.9 Å². The zero-order valence-electron chi connectivity index (χ0n) is 10.9. The van der Waals surface area contributed by atoms with Gasteiger partial charge in [-0.2, -0.15) is 4.31 Å². The van der Waals surface area contributed by atoms with Crippen LogP contribution in [0, 0.1) is 0 Å². The molecule has 0 N–H and O–H groups in total. The molecule has 3 rings (SSSR count). The molecule has 0 bridgehead atoms. The fraction of sp³-hybridized carbons (Fsp3) is 0.417. The average molecular weight is 332 g/mol. The molecule has 20 heavy (non-hydrogen) atoms. The summed E-state index contributed by atoms with van der Waals surface area (Å²) in [6.45, 7) is 3.65. The minimum atomic E-state index is -3.46. The van der Waals surface area contributed by atoms with E-state index in [9.17, 15) is 8.42 Å². The average Bonchev–Trinajstić information content (AvgIpc) is 3.04. The number of nitrogens with zero attached hydrogens (tertiary/aromatic N) is 3. The van der Waals surface area contributed by atoms with Gasteiger partial charge in [0.15, 0.2) is 0 Å². The van der Waals surface area contributed by atoms with Crippen LogP contribution in [0.5, 0.6) is 0 Å². The number of sulfonamides is 1. The molecule has 2 aromatic rings. The highest BCUT2D eigenvalue weighted by molar-refractivity contribution is 7.91. The minimum absolute atomic E-state index is 0.300. The quantitative estimate of drug-likeness (QED) is 0.867. The lowest BCUT2D eigenvalue weighted by Crippen LogP contribution is -2.36. The molecule has 0 saturated carbocycles. The number of hydrogen-bond acceptors (Lipinski definition) is 4. The lowest BCUT2D eigenvalue weighted by molar-refractivity contribution is 0.378. The Morgan fingerprint density at radius 2 is 2.25 bits per heavy atom. The molecule has 0 spiro atoms. The van der Waals surface area contributed by atoms with Crippen molar-refractivity contribution in [3.63, 3.8) is 0 Å². The van der Waals surface area contributed by atoms with Gasteiger partial charge >= 0.3 is 0 Å². The van der Waals surface area contributed by atoms with Crippen LogP contribution in [0.4, 0.5) is 0 Å². The van der Waals surface area contributed by atoms with E-state index in [0.29, 0.717) is 28.1 Å². The van der Waals surface area contributed by atoms with Crippen molar-refractivity contribution in [3.8, 4) is 0 Å². The predicted molar refractivity (Wildman–Crippen MR) is 78.5 cm³/mol. The molecule has 0 fully saturated rings. The summed E-state index contributed by atoms with van der Waals surface area (Å²) < 4.78 is 29.4. The Morgan fingerprint density at radius 1 is 1.45 bits per heavy atom. The number of thiophene rings is 1. The van der Waals surface area contributed by atoms with E-state index in [0.717, 1.165) is 29.3 Å². The summed E-state index contributed by atoms with van der Waals surface area (Å²) >= 11 is 6.93. The number of rotatable bonds is 3. The van der Waals surface area contributed by atoms with Crippen molar-refractivity contribution in [1.29, 1.82) is 0 Å². The summed E-state index contributed by atoms with van der Waals surface area (Å²) in [4.78, 5) is 4.34. The maximum atomic E-state index is 12.6. The zero-order valence-corrected chi connectivity index (χ0v) is 13.3. The van der Waals surface area contributed by atoms with Crippen LogP contribution < -0.4 is 0 Å². The Morgan fingerprint density at radius 3 is 2.90 bits per heavy atom. The van der Waals surface area contributed by atoms with Gasteiger partial charge in [-0.3, -0.25) is 0 Å². The monoisotopic (exact) mass is 331 g/mol. The molecule has 0 radical (unpaired) electrons. The van der Waals surface area contributed by atoms with Crippen molar-refractivity contribution in [2.24, 2.45) is 0 Å². The summed E-state index contributed by atoms with van der Waals surface area (Å²) in [5, 5.41) is 0. The van der Waals surface area contributed by atoms with E-state index in [4.69, 9.17) is 11.6 Å². The van der Waals surface area contributed by atoms with Gasteiger partial charge in [0, 0.05) is 19.5 Å². The molecule has 0 aliphatic carbocycles. The van der Waals surface area contributed by atoms with Crippen molar-refractivity contribution in [3.05, 3.63) is 34.2 Å². The Balaban J connectivity index is 1.93. The van der Waals surface area contributed by atoms with Crippen molar-refractivity contribution < 1.29 is 8.42 Å². The van der Waals surface area contributed by atoms with Crippen LogP contribution in [0.3, 0.4) is 0 Å². The number of hydrogen-bond donors (Lipinski definition) is 0. The lowest BCUT2D eigenvalue weighted by Gasteiger charge is -2.26. The predicted octanol–water partition coefficient (Wildman–Crippen LogP) is 2.36. The zero-order chi connectivity index (χ0) is 14.3. The van der Waals surface area contributed by atoms with E-state index in [-0.39, 0.29) is 0 Å². The van der Waals surface area contributed by atoms with Gasteiger partial charge < -0.3 is 4.57 Å². The Hall–Kier alpha value is -0.890. The van der Waals surface area contributed by atoms with Gasteiger partial charge in [-0.25, -0.2) is 13.4 Å². The first-order chi connectivity index (χ1) is 9.52. The third-order valence-electron chi connectivity index (χ3n) is 3.44. The second kappa shape index (κ2) is 5.14. The first kappa shape index (κ1) is 14.1. The lowest BCUT2D eigenvalue weighted by atomic mass is 10.2. The maximum Gasteiger partial charge on any atom is 0.252 e. The summed E-state index contributed by atoms with van der Waals surface area (Å²) in [5.41, 5.74) is 1.99. The molecule has 0 saturated heterocycles. The summed E-state index contributed by atoms with van der Waals surface area (Å²) in [5.74, 6) is 0. The van der Waals surface area contributed by atoms with E-state index < -0.39 is 10.0 Å². The van der Waals surface area contributed by atoms with Crippen LogP contribution in [0.1, 0.15) is 18.3 Å². The van der Waals surface area contributed by atoms with Crippen molar-refractivity contribution in [1.82, 2.24) is 13.9 Å². The third-order valence-corrected chi connectivity index (χ3v) is 6.98. The number of aryl methyl sites for hydroxylation is 1. The molecule has 5 nitrogen and oxygen atoms in total. The molecule has 1 aliphatic heterocycles. The van der Waals surface area contributed by atoms with Gasteiger partial charge in [0.25, 0.3) is 10.0 Å². The Kier molecular flexibility index (Phi) is 3.62. The largest absolute Gasteiger partial charge is 0.333 e. The van der Waals surface area contributed by atoms with Gasteiger partial charge in [0.05, 0.1) is 28.6 Å². The fourth-order valence-corrected chi connectivity index (χ4v) is 5.40. The van der Waals surface area contributed by atoms with Crippen molar-refractivity contribution in [2.45, 2.75) is 30.6 Å². The van der Waals surface area contributed by atoms with E-state index in [1.54, 1.807) is 18.5 Å². The molecule has 2 aromatic heterocycles. The first-order valence-corrected chi connectivity index (χ1v) is 8.94. The van der Waals surface area contributed by atoms with Gasteiger partial charge in [0.2, 0.25) is 0 Å². The highest BCUT2D eigenvalue weighted by Gasteiger charge is 2.31. The topological polar surface area (TPSA) is 55.2 Å². The van der Waals surface area contributed by atoms with Crippen LogP contribution in [-0.2, 0) is 29.5 Å². The van der Waals surface area contributed by atoms with Crippen LogP contribution in [0.15, 0.2) is 22.7 Å². The number of halogens is 1. The molecule has 0 unspecified atom stereocenters. The Labute approximate surface area is 126 Å². The molecular formula is C12H14ClN3O2S2. The number of fused-ring (bicyclic) bond motifs is 1. The second-order valence-electron chi connectivity index (χ2n) is 4.57. The van der Waals surface area contributed by atoms with E-state index in [2.05, 4.69) is 4.98 Å². The molecule has 108 valence electrons. The summed E-state index contributed by atoms with van der Waals surface area (Å²) in [6, 6.07) is 3.18. The fourth-order valence-electron chi connectivity index (χ4n) is 2.36. The summed E-state index contributed by atoms with van der Waals surface area (Å²) in [6.07, 6.45) is 2.43. The minimum Gasteiger partial charge on any atom is -0.333 e. The van der Waals surface area contributed by atoms with E-state index in [1.165, 1.54) is 4.31 Å². The normalized spacial score (nSPS) is 16.3. The second-order valence-corrected chi connectivity index (χ2v) is 8.45. The molecule has 3 heterocycles. The molecule has 0 atom stereocenters. The van der Waals surface area contributed by atoms with Crippen LogP contribution in [0.2, 0.25) is 4.34 Å². The highest BCUT2D eigenvalue weighted by Crippen LogP contribution is 2.30.